The summed E-state index contributed by atoms with van der Waals surface area (Å²) in [5.74, 6) is 2.33. The first-order valence-corrected chi connectivity index (χ1v) is 20.3. The molecule has 2 unspecified atom stereocenters. The second-order valence-corrected chi connectivity index (χ2v) is 15.5. The summed E-state index contributed by atoms with van der Waals surface area (Å²) in [6, 6.07) is 67.2. The minimum Gasteiger partial charge on any atom is -0.288 e. The van der Waals surface area contributed by atoms with E-state index in [4.69, 9.17) is 15.0 Å². The van der Waals surface area contributed by atoms with E-state index in [1.807, 2.05) is 6.07 Å². The number of anilines is 2. The monoisotopic (exact) mass is 755 g/mol. The highest BCUT2D eigenvalue weighted by molar-refractivity contribution is 5.95. The van der Waals surface area contributed by atoms with Crippen molar-refractivity contribution < 1.29 is 0 Å². The molecule has 278 valence electrons. The number of fused-ring (bicyclic) bond motifs is 10. The van der Waals surface area contributed by atoms with E-state index in [0.717, 1.165) is 45.3 Å². The second kappa shape index (κ2) is 13.2. The molecular formula is C54H37N5. The fourth-order valence-corrected chi connectivity index (χ4v) is 10.0. The Morgan fingerprint density at radius 2 is 1.15 bits per heavy atom. The van der Waals surface area contributed by atoms with Gasteiger partial charge >= 0.3 is 0 Å². The summed E-state index contributed by atoms with van der Waals surface area (Å²) in [4.78, 5) is 18.7. The van der Waals surface area contributed by atoms with Crippen LogP contribution in [0.1, 0.15) is 33.7 Å². The summed E-state index contributed by atoms with van der Waals surface area (Å²) in [5.41, 5.74) is 14.1. The number of rotatable bonds is 5. The van der Waals surface area contributed by atoms with Crippen molar-refractivity contribution in [1.29, 1.82) is 0 Å². The zero-order valence-electron chi connectivity index (χ0n) is 32.1. The van der Waals surface area contributed by atoms with Crippen LogP contribution >= 0.6 is 0 Å². The van der Waals surface area contributed by atoms with E-state index in [1.54, 1.807) is 0 Å². The van der Waals surface area contributed by atoms with E-state index < -0.39 is 5.41 Å². The molecule has 7 aromatic carbocycles. The van der Waals surface area contributed by atoms with E-state index in [-0.39, 0.29) is 12.0 Å². The third-order valence-corrected chi connectivity index (χ3v) is 12.4. The normalized spacial score (nSPS) is 16.8. The minimum atomic E-state index is -0.531. The van der Waals surface area contributed by atoms with Gasteiger partial charge in [0.05, 0.1) is 33.9 Å². The van der Waals surface area contributed by atoms with Crippen molar-refractivity contribution in [2.75, 3.05) is 4.90 Å². The average molecular weight is 756 g/mol. The van der Waals surface area contributed by atoms with Crippen molar-refractivity contribution >= 4 is 22.8 Å². The van der Waals surface area contributed by atoms with E-state index >= 15 is 0 Å². The van der Waals surface area contributed by atoms with Gasteiger partial charge in [0.15, 0.2) is 5.82 Å². The summed E-state index contributed by atoms with van der Waals surface area (Å²) in [5, 5.41) is 0. The molecule has 0 N–H and O–H groups in total. The van der Waals surface area contributed by atoms with Crippen LogP contribution in [-0.4, -0.2) is 25.6 Å². The first-order chi connectivity index (χ1) is 29.3. The predicted octanol–water partition coefficient (Wildman–Crippen LogP) is 12.2. The van der Waals surface area contributed by atoms with Crippen molar-refractivity contribution in [1.82, 2.24) is 19.5 Å². The molecule has 1 aliphatic heterocycles. The number of allylic oxidation sites excluding steroid dienone is 2. The van der Waals surface area contributed by atoms with Gasteiger partial charge in [-0.2, -0.15) is 0 Å². The van der Waals surface area contributed by atoms with Gasteiger partial charge in [-0.05, 0) is 57.1 Å². The number of para-hydroxylation sites is 3. The maximum atomic E-state index is 5.48. The summed E-state index contributed by atoms with van der Waals surface area (Å²) in [6.45, 7) is 0. The fourth-order valence-electron chi connectivity index (χ4n) is 10.0. The molecule has 0 bridgehead atoms. The molecule has 0 fully saturated rings. The van der Waals surface area contributed by atoms with Gasteiger partial charge in [0.25, 0.3) is 0 Å². The third kappa shape index (κ3) is 4.95. The van der Waals surface area contributed by atoms with Gasteiger partial charge < -0.3 is 0 Å². The number of hydrogen-bond acceptors (Lipinski definition) is 4. The molecule has 2 atom stereocenters. The smallest absolute Gasteiger partial charge is 0.217 e. The summed E-state index contributed by atoms with van der Waals surface area (Å²) < 4.78 is 2.32. The highest BCUT2D eigenvalue weighted by Crippen LogP contribution is 2.58. The lowest BCUT2D eigenvalue weighted by molar-refractivity contribution is 0.684. The van der Waals surface area contributed by atoms with E-state index in [2.05, 4.69) is 216 Å². The lowest BCUT2D eigenvalue weighted by Crippen LogP contribution is -2.35. The van der Waals surface area contributed by atoms with Crippen molar-refractivity contribution in [3.05, 3.63) is 240 Å². The van der Waals surface area contributed by atoms with Crippen LogP contribution in [0.3, 0.4) is 0 Å². The lowest BCUT2D eigenvalue weighted by atomic mass is 9.67. The topological polar surface area (TPSA) is 46.8 Å². The molecule has 9 aromatic rings. The van der Waals surface area contributed by atoms with Crippen LogP contribution in [0.4, 0.5) is 11.8 Å². The molecule has 0 radical (unpaired) electrons. The number of hydrogen-bond donors (Lipinski definition) is 0. The molecule has 5 heteroatoms. The lowest BCUT2D eigenvalue weighted by Gasteiger charge is -2.34. The Bertz CT molecular complexity index is 3090. The van der Waals surface area contributed by atoms with Gasteiger partial charge in [0.1, 0.15) is 5.82 Å². The van der Waals surface area contributed by atoms with E-state index in [0.29, 0.717) is 5.82 Å². The average Bonchev–Trinajstić information content (AvgIpc) is 3.80. The Morgan fingerprint density at radius 1 is 0.508 bits per heavy atom. The Morgan fingerprint density at radius 3 is 1.97 bits per heavy atom. The zero-order chi connectivity index (χ0) is 38.9. The maximum absolute atomic E-state index is 5.48. The molecule has 59 heavy (non-hydrogen) atoms. The van der Waals surface area contributed by atoms with Crippen LogP contribution in [-0.2, 0) is 5.41 Å². The summed E-state index contributed by atoms with van der Waals surface area (Å²) in [6.07, 6.45) is 8.94. The van der Waals surface area contributed by atoms with Gasteiger partial charge in [-0.15, -0.1) is 0 Å². The molecule has 5 nitrogen and oxygen atoms in total. The molecule has 3 aliphatic rings. The first kappa shape index (κ1) is 33.5. The SMILES string of the molecule is C1=CC2c3ccccc3-n3c(nc4ccccc43)N(c3cc(-c4cccc5c4-c4ccccc4C5(c4ccccc4)c4ccccc4)nc(-c4ccccc4)n3)C2C=C1. The van der Waals surface area contributed by atoms with Gasteiger partial charge in [0.2, 0.25) is 5.95 Å². The summed E-state index contributed by atoms with van der Waals surface area (Å²) in [7, 11) is 0. The van der Waals surface area contributed by atoms with Crippen LogP contribution in [0, 0.1) is 0 Å². The third-order valence-electron chi connectivity index (χ3n) is 12.4. The highest BCUT2D eigenvalue weighted by Gasteiger charge is 2.47. The van der Waals surface area contributed by atoms with Crippen molar-refractivity contribution in [3.8, 4) is 39.5 Å². The van der Waals surface area contributed by atoms with Crippen molar-refractivity contribution in [3.63, 3.8) is 0 Å². The number of nitrogens with zero attached hydrogens (tertiary/aromatic N) is 5. The number of aromatic nitrogens is 4. The molecule has 0 saturated carbocycles. The Kier molecular flexibility index (Phi) is 7.51. The molecular weight excluding hydrogens is 719 g/mol. The summed E-state index contributed by atoms with van der Waals surface area (Å²) >= 11 is 0. The molecule has 12 rings (SSSR count). The van der Waals surface area contributed by atoms with Crippen LogP contribution in [0.5, 0.6) is 0 Å². The maximum Gasteiger partial charge on any atom is 0.217 e. The Balaban J connectivity index is 1.16. The van der Waals surface area contributed by atoms with Crippen molar-refractivity contribution in [2.24, 2.45) is 0 Å². The van der Waals surface area contributed by atoms with Crippen LogP contribution < -0.4 is 4.90 Å². The molecule has 0 saturated heterocycles. The standard InChI is InChI=1S/C54H37N5/c1-4-19-36(20-5-1)52-55-46(42-28-18-30-44-51(42)41-27-10-13-29-43(41)54(44,37-21-6-2-7-22-37)38-23-8-3-9-24-38)35-50(57-52)59-48-33-16-12-26-40(48)39-25-11-15-32-47(39)58-49-34-17-14-31-45(49)56-53(58)59/h1-35,40,48H. The van der Waals surface area contributed by atoms with Gasteiger partial charge in [0, 0.05) is 23.1 Å². The molecule has 2 aliphatic carbocycles. The zero-order valence-corrected chi connectivity index (χ0v) is 32.1. The van der Waals surface area contributed by atoms with Gasteiger partial charge in [-0.1, -0.05) is 188 Å². The van der Waals surface area contributed by atoms with Crippen molar-refractivity contribution in [2.45, 2.75) is 17.4 Å². The number of benzene rings is 7. The second-order valence-electron chi connectivity index (χ2n) is 15.5. The van der Waals surface area contributed by atoms with Gasteiger partial charge in [-0.25, -0.2) is 15.0 Å². The van der Waals surface area contributed by atoms with Crippen LogP contribution in [0.15, 0.2) is 212 Å². The first-order valence-electron chi connectivity index (χ1n) is 20.3. The van der Waals surface area contributed by atoms with E-state index in [9.17, 15) is 0 Å². The largest absolute Gasteiger partial charge is 0.288 e. The highest BCUT2D eigenvalue weighted by atomic mass is 15.4. The molecule has 0 amide bonds. The number of imidazole rings is 1. The predicted molar refractivity (Wildman–Crippen MR) is 238 cm³/mol. The minimum absolute atomic E-state index is 0.0560. The quantitative estimate of drug-likeness (QED) is 0.175. The fraction of sp³-hybridized carbons (Fsp3) is 0.0556. The van der Waals surface area contributed by atoms with Gasteiger partial charge in [-0.3, -0.25) is 9.47 Å². The Hall–Kier alpha value is -7.63. The van der Waals surface area contributed by atoms with Crippen LogP contribution in [0.2, 0.25) is 0 Å². The van der Waals surface area contributed by atoms with E-state index in [1.165, 1.54) is 38.9 Å². The van der Waals surface area contributed by atoms with Crippen LogP contribution in [0.25, 0.3) is 50.5 Å². The molecule has 2 aromatic heterocycles. The molecule has 0 spiro atoms. The Labute approximate surface area is 343 Å². The molecule has 3 heterocycles.